The number of fused-ring (bicyclic) bond motifs is 2. The predicted molar refractivity (Wildman–Crippen MR) is 99.9 cm³/mol. The Bertz CT molecular complexity index is 1140. The molecule has 0 unspecified atom stereocenters. The van der Waals surface area contributed by atoms with E-state index in [4.69, 9.17) is 4.52 Å². The Morgan fingerprint density at radius 3 is 2.89 bits per heavy atom. The normalized spacial score (nSPS) is 13.6. The topological polar surface area (TPSA) is 72.1 Å². The van der Waals surface area contributed by atoms with E-state index < -0.39 is 0 Å². The average molecular weight is 356 g/mol. The third-order valence-electron chi connectivity index (χ3n) is 4.91. The fraction of sp³-hybridized carbons (Fsp3) is 0.143. The van der Waals surface area contributed by atoms with Crippen LogP contribution in [0.4, 0.5) is 0 Å². The number of hydrogen-bond donors (Lipinski definition) is 0. The van der Waals surface area contributed by atoms with E-state index in [0.29, 0.717) is 24.4 Å². The Labute approximate surface area is 155 Å². The molecule has 27 heavy (non-hydrogen) atoms. The highest BCUT2D eigenvalue weighted by molar-refractivity contribution is 6.01. The van der Waals surface area contributed by atoms with Gasteiger partial charge in [0.25, 0.3) is 5.91 Å². The molecule has 132 valence electrons. The van der Waals surface area contributed by atoms with Crippen molar-refractivity contribution in [1.29, 1.82) is 0 Å². The van der Waals surface area contributed by atoms with Crippen LogP contribution in [0.2, 0.25) is 0 Å². The summed E-state index contributed by atoms with van der Waals surface area (Å²) in [5.41, 5.74) is 4.34. The number of carbonyl (C=O) groups is 1. The molecule has 1 aliphatic heterocycles. The third-order valence-corrected chi connectivity index (χ3v) is 4.91. The summed E-state index contributed by atoms with van der Waals surface area (Å²) in [6.07, 6.45) is 4.09. The van der Waals surface area contributed by atoms with Crippen LogP contribution >= 0.6 is 0 Å². The molecular weight excluding hydrogens is 340 g/mol. The maximum Gasteiger partial charge on any atom is 0.254 e. The second-order valence-electron chi connectivity index (χ2n) is 6.58. The maximum atomic E-state index is 13.1. The molecule has 6 nitrogen and oxygen atoms in total. The number of amides is 1. The predicted octanol–water partition coefficient (Wildman–Crippen LogP) is 3.48. The van der Waals surface area contributed by atoms with Gasteiger partial charge in [-0.3, -0.25) is 4.79 Å². The molecule has 0 atom stereocenters. The Morgan fingerprint density at radius 2 is 2.00 bits per heavy atom. The van der Waals surface area contributed by atoms with Gasteiger partial charge in [0.05, 0.1) is 11.1 Å². The minimum Gasteiger partial charge on any atom is -0.355 e. The van der Waals surface area contributed by atoms with E-state index in [0.717, 1.165) is 34.1 Å². The van der Waals surface area contributed by atoms with Crippen molar-refractivity contribution in [3.63, 3.8) is 0 Å². The number of rotatable bonds is 2. The highest BCUT2D eigenvalue weighted by Crippen LogP contribution is 2.30. The molecule has 1 aliphatic rings. The smallest absolute Gasteiger partial charge is 0.254 e. The molecule has 4 aromatic rings. The molecular formula is C21H16N4O2. The van der Waals surface area contributed by atoms with Crippen molar-refractivity contribution in [2.45, 2.75) is 13.0 Å². The molecule has 0 spiro atoms. The van der Waals surface area contributed by atoms with Gasteiger partial charge in [-0.15, -0.1) is 0 Å². The molecule has 0 saturated carbocycles. The fourth-order valence-corrected chi connectivity index (χ4v) is 3.49. The monoisotopic (exact) mass is 356 g/mol. The summed E-state index contributed by atoms with van der Waals surface area (Å²) in [4.78, 5) is 23.3. The van der Waals surface area contributed by atoms with Gasteiger partial charge >= 0.3 is 0 Å². The first-order valence-electron chi connectivity index (χ1n) is 8.81. The van der Waals surface area contributed by atoms with Crippen LogP contribution in [-0.2, 0) is 13.0 Å². The van der Waals surface area contributed by atoms with E-state index in [1.807, 2.05) is 47.4 Å². The van der Waals surface area contributed by atoms with Crippen molar-refractivity contribution in [2.75, 3.05) is 6.54 Å². The largest absolute Gasteiger partial charge is 0.355 e. The molecule has 1 amide bonds. The van der Waals surface area contributed by atoms with E-state index in [9.17, 15) is 4.79 Å². The fourth-order valence-electron chi connectivity index (χ4n) is 3.49. The second-order valence-corrected chi connectivity index (χ2v) is 6.58. The Balaban J connectivity index is 1.49. The maximum absolute atomic E-state index is 13.1. The van der Waals surface area contributed by atoms with Crippen LogP contribution in [0.1, 0.15) is 21.6 Å². The van der Waals surface area contributed by atoms with Crippen molar-refractivity contribution >= 4 is 16.8 Å². The summed E-state index contributed by atoms with van der Waals surface area (Å²) in [6, 6.07) is 15.3. The summed E-state index contributed by atoms with van der Waals surface area (Å²) < 4.78 is 5.54. The quantitative estimate of drug-likeness (QED) is 0.550. The Morgan fingerprint density at radius 1 is 1.11 bits per heavy atom. The van der Waals surface area contributed by atoms with Gasteiger partial charge in [0.15, 0.2) is 5.76 Å². The van der Waals surface area contributed by atoms with Crippen LogP contribution in [0.25, 0.3) is 22.2 Å². The SMILES string of the molecule is O=C(c1ccc2noc(-c3ccccc3)c2c1)N1CCc2ncncc2C1. The lowest BCUT2D eigenvalue weighted by Gasteiger charge is -2.27. The van der Waals surface area contributed by atoms with Gasteiger partial charge in [0.1, 0.15) is 11.8 Å². The molecule has 0 aliphatic carbocycles. The Kier molecular flexibility index (Phi) is 3.67. The summed E-state index contributed by atoms with van der Waals surface area (Å²) in [7, 11) is 0. The van der Waals surface area contributed by atoms with Crippen LogP contribution in [0.15, 0.2) is 65.6 Å². The van der Waals surface area contributed by atoms with Crippen LogP contribution < -0.4 is 0 Å². The van der Waals surface area contributed by atoms with E-state index in [2.05, 4.69) is 15.1 Å². The van der Waals surface area contributed by atoms with Gasteiger partial charge in [-0.05, 0) is 18.2 Å². The van der Waals surface area contributed by atoms with Gasteiger partial charge < -0.3 is 9.42 Å². The molecule has 0 saturated heterocycles. The summed E-state index contributed by atoms with van der Waals surface area (Å²) in [5, 5.41) is 4.96. The number of benzene rings is 2. The lowest BCUT2D eigenvalue weighted by Crippen LogP contribution is -2.36. The molecule has 3 heterocycles. The zero-order chi connectivity index (χ0) is 18.2. The minimum atomic E-state index is -0.00776. The number of aromatic nitrogens is 3. The van der Waals surface area contributed by atoms with Crippen LogP contribution in [-0.4, -0.2) is 32.5 Å². The first kappa shape index (κ1) is 15.7. The van der Waals surface area contributed by atoms with Gasteiger partial charge in [-0.2, -0.15) is 0 Å². The molecule has 0 bridgehead atoms. The van der Waals surface area contributed by atoms with Crippen molar-refractivity contribution in [2.24, 2.45) is 0 Å². The van der Waals surface area contributed by atoms with Gasteiger partial charge in [-0.25, -0.2) is 9.97 Å². The summed E-state index contributed by atoms with van der Waals surface area (Å²) >= 11 is 0. The zero-order valence-corrected chi connectivity index (χ0v) is 14.5. The van der Waals surface area contributed by atoms with Crippen molar-refractivity contribution in [3.05, 3.63) is 77.9 Å². The zero-order valence-electron chi connectivity index (χ0n) is 14.5. The molecule has 0 N–H and O–H groups in total. The van der Waals surface area contributed by atoms with Crippen molar-refractivity contribution in [3.8, 4) is 11.3 Å². The molecule has 0 fully saturated rings. The average Bonchev–Trinajstić information content (AvgIpc) is 3.17. The number of nitrogens with zero attached hydrogens (tertiary/aromatic N) is 4. The molecule has 5 rings (SSSR count). The highest BCUT2D eigenvalue weighted by Gasteiger charge is 2.23. The van der Waals surface area contributed by atoms with Gasteiger partial charge in [0, 0.05) is 42.4 Å². The lowest BCUT2D eigenvalue weighted by molar-refractivity contribution is 0.0733. The molecule has 6 heteroatoms. The summed E-state index contributed by atoms with van der Waals surface area (Å²) in [5.74, 6) is 0.671. The number of carbonyl (C=O) groups excluding carboxylic acids is 1. The molecule has 0 radical (unpaired) electrons. The third kappa shape index (κ3) is 2.75. The van der Waals surface area contributed by atoms with Crippen LogP contribution in [0, 0.1) is 0 Å². The van der Waals surface area contributed by atoms with E-state index >= 15 is 0 Å². The van der Waals surface area contributed by atoms with Crippen molar-refractivity contribution in [1.82, 2.24) is 20.0 Å². The van der Waals surface area contributed by atoms with Gasteiger partial charge in [0.2, 0.25) is 0 Å². The highest BCUT2D eigenvalue weighted by atomic mass is 16.5. The first-order chi connectivity index (χ1) is 13.3. The van der Waals surface area contributed by atoms with E-state index in [1.54, 1.807) is 18.6 Å². The number of hydrogen-bond acceptors (Lipinski definition) is 5. The van der Waals surface area contributed by atoms with E-state index in [1.165, 1.54) is 0 Å². The van der Waals surface area contributed by atoms with Crippen LogP contribution in [0.3, 0.4) is 0 Å². The van der Waals surface area contributed by atoms with Crippen LogP contribution in [0.5, 0.6) is 0 Å². The Hall–Kier alpha value is -3.54. The molecule has 2 aromatic heterocycles. The minimum absolute atomic E-state index is 0.00776. The lowest BCUT2D eigenvalue weighted by atomic mass is 10.0. The molecule has 2 aromatic carbocycles. The standard InChI is InChI=1S/C21H16N4O2/c26-21(25-9-8-18-16(12-25)11-22-13-23-18)15-6-7-19-17(10-15)20(27-24-19)14-4-2-1-3-5-14/h1-7,10-11,13H,8-9,12H2. The summed E-state index contributed by atoms with van der Waals surface area (Å²) in [6.45, 7) is 1.18. The van der Waals surface area contributed by atoms with Gasteiger partial charge in [-0.1, -0.05) is 35.5 Å². The second kappa shape index (κ2) is 6.32. The van der Waals surface area contributed by atoms with E-state index in [-0.39, 0.29) is 5.91 Å². The van der Waals surface area contributed by atoms with Crippen molar-refractivity contribution < 1.29 is 9.32 Å². The first-order valence-corrected chi connectivity index (χ1v) is 8.81.